The Labute approximate surface area is 134 Å². The van der Waals surface area contributed by atoms with Crippen molar-refractivity contribution in [3.8, 4) is 5.75 Å². The lowest BCUT2D eigenvalue weighted by atomic mass is 10.2. The minimum atomic E-state index is -0.836. The summed E-state index contributed by atoms with van der Waals surface area (Å²) in [7, 11) is 0. The van der Waals surface area contributed by atoms with Crippen LogP contribution in [-0.4, -0.2) is 10.9 Å². The monoisotopic (exact) mass is 336 g/mol. The van der Waals surface area contributed by atoms with Crippen molar-refractivity contribution in [3.63, 3.8) is 0 Å². The van der Waals surface area contributed by atoms with Crippen LogP contribution in [0, 0.1) is 5.82 Å². The summed E-state index contributed by atoms with van der Waals surface area (Å²) in [6.45, 7) is 0.0934. The zero-order chi connectivity index (χ0) is 15.7. The second-order valence-corrected chi connectivity index (χ2v) is 6.04. The maximum atomic E-state index is 14.0. The van der Waals surface area contributed by atoms with Gasteiger partial charge in [0.05, 0.1) is 15.8 Å². The highest BCUT2D eigenvalue weighted by Crippen LogP contribution is 2.27. The summed E-state index contributed by atoms with van der Waals surface area (Å²) in [5.41, 5.74) is 5.66. The Morgan fingerprint density at radius 2 is 2.18 bits per heavy atom. The van der Waals surface area contributed by atoms with Crippen LogP contribution in [0.15, 0.2) is 36.4 Å². The fourth-order valence-corrected chi connectivity index (χ4v) is 2.99. The van der Waals surface area contributed by atoms with E-state index < -0.39 is 11.7 Å². The highest BCUT2D eigenvalue weighted by atomic mass is 35.5. The summed E-state index contributed by atoms with van der Waals surface area (Å²) < 4.78 is 20.4. The molecule has 0 spiro atoms. The summed E-state index contributed by atoms with van der Waals surface area (Å²) in [6, 6.07) is 9.66. The number of nitrogens with zero attached hydrogens (tertiary/aromatic N) is 1. The number of rotatable bonds is 4. The van der Waals surface area contributed by atoms with E-state index in [1.807, 2.05) is 6.07 Å². The molecule has 1 amide bonds. The zero-order valence-electron chi connectivity index (χ0n) is 11.2. The van der Waals surface area contributed by atoms with Crippen molar-refractivity contribution >= 4 is 39.1 Å². The van der Waals surface area contributed by atoms with Gasteiger partial charge in [-0.05, 0) is 30.3 Å². The summed E-state index contributed by atoms with van der Waals surface area (Å²) in [4.78, 5) is 15.5. The van der Waals surface area contributed by atoms with Gasteiger partial charge < -0.3 is 10.5 Å². The van der Waals surface area contributed by atoms with Crippen molar-refractivity contribution in [3.05, 3.63) is 57.8 Å². The van der Waals surface area contributed by atoms with E-state index in [9.17, 15) is 9.18 Å². The van der Waals surface area contributed by atoms with Crippen LogP contribution in [0.2, 0.25) is 5.02 Å². The second kappa shape index (κ2) is 5.90. The van der Waals surface area contributed by atoms with Gasteiger partial charge in [-0.2, -0.15) is 0 Å². The number of carbonyl (C=O) groups is 1. The molecule has 0 bridgehead atoms. The molecule has 112 valence electrons. The van der Waals surface area contributed by atoms with Crippen LogP contribution < -0.4 is 10.5 Å². The molecule has 1 heterocycles. The van der Waals surface area contributed by atoms with Crippen molar-refractivity contribution in [2.24, 2.45) is 5.73 Å². The van der Waals surface area contributed by atoms with Gasteiger partial charge in [0, 0.05) is 5.02 Å². The largest absolute Gasteiger partial charge is 0.483 e. The molecule has 0 aliphatic carbocycles. The van der Waals surface area contributed by atoms with Crippen LogP contribution in [0.25, 0.3) is 10.2 Å². The molecular weight excluding hydrogens is 327 g/mol. The first-order valence-corrected chi connectivity index (χ1v) is 7.50. The van der Waals surface area contributed by atoms with E-state index in [1.54, 1.807) is 12.1 Å². The van der Waals surface area contributed by atoms with Crippen molar-refractivity contribution in [1.82, 2.24) is 4.98 Å². The minimum absolute atomic E-state index is 0.0337. The van der Waals surface area contributed by atoms with Gasteiger partial charge in [-0.25, -0.2) is 9.37 Å². The van der Waals surface area contributed by atoms with Crippen molar-refractivity contribution in [2.45, 2.75) is 6.61 Å². The molecule has 0 radical (unpaired) electrons. The molecule has 0 atom stereocenters. The second-order valence-electron chi connectivity index (χ2n) is 4.49. The van der Waals surface area contributed by atoms with E-state index in [1.165, 1.54) is 29.5 Å². The normalized spacial score (nSPS) is 10.8. The molecule has 0 aliphatic rings. The van der Waals surface area contributed by atoms with E-state index in [0.29, 0.717) is 10.0 Å². The molecule has 7 heteroatoms. The number of benzene rings is 2. The number of primary amides is 1. The van der Waals surface area contributed by atoms with Gasteiger partial charge in [0.15, 0.2) is 11.6 Å². The lowest BCUT2D eigenvalue weighted by Gasteiger charge is -2.07. The third-order valence-electron chi connectivity index (χ3n) is 2.97. The highest BCUT2D eigenvalue weighted by molar-refractivity contribution is 7.18. The molecule has 2 aromatic carbocycles. The van der Waals surface area contributed by atoms with Gasteiger partial charge in [-0.3, -0.25) is 4.79 Å². The molecule has 2 N–H and O–H groups in total. The number of carbonyl (C=O) groups excluding carboxylic acids is 1. The number of hydrogen-bond donors (Lipinski definition) is 1. The summed E-state index contributed by atoms with van der Waals surface area (Å²) in [6.07, 6.45) is 0. The molecule has 0 saturated carbocycles. The fourth-order valence-electron chi connectivity index (χ4n) is 1.96. The zero-order valence-corrected chi connectivity index (χ0v) is 12.7. The fraction of sp³-hybridized carbons (Fsp3) is 0.0667. The molecule has 4 nitrogen and oxygen atoms in total. The van der Waals surface area contributed by atoms with Gasteiger partial charge in [-0.1, -0.05) is 17.7 Å². The summed E-state index contributed by atoms with van der Waals surface area (Å²) >= 11 is 7.34. The van der Waals surface area contributed by atoms with Crippen LogP contribution in [0.3, 0.4) is 0 Å². The molecule has 0 aliphatic heterocycles. The molecular formula is C15H10ClFN2O2S. The number of hydrogen-bond acceptors (Lipinski definition) is 4. The molecule has 0 fully saturated rings. The molecule has 0 saturated heterocycles. The lowest BCUT2D eigenvalue weighted by Crippen LogP contribution is -2.13. The van der Waals surface area contributed by atoms with E-state index in [2.05, 4.69) is 4.98 Å². The maximum Gasteiger partial charge on any atom is 0.251 e. The van der Waals surface area contributed by atoms with Crippen LogP contribution in [0.5, 0.6) is 5.75 Å². The van der Waals surface area contributed by atoms with Gasteiger partial charge in [0.25, 0.3) is 5.91 Å². The maximum absolute atomic E-state index is 14.0. The Kier molecular flexibility index (Phi) is 3.96. The van der Waals surface area contributed by atoms with Crippen LogP contribution in [0.4, 0.5) is 4.39 Å². The number of ether oxygens (including phenoxy) is 1. The van der Waals surface area contributed by atoms with Crippen molar-refractivity contribution < 1.29 is 13.9 Å². The SMILES string of the molecule is NC(=O)c1cccc(OCc2nc3cc(Cl)ccc3s2)c1F. The number of fused-ring (bicyclic) bond motifs is 1. The standard InChI is InChI=1S/C15H10ClFN2O2S/c16-8-4-5-12-10(6-8)19-13(22-12)7-21-11-3-1-2-9(14(11)17)15(18)20/h1-6H,7H2,(H2,18,20). The first-order chi connectivity index (χ1) is 10.5. The van der Waals surface area contributed by atoms with Crippen LogP contribution >= 0.6 is 22.9 Å². The van der Waals surface area contributed by atoms with E-state index in [0.717, 1.165) is 10.2 Å². The summed E-state index contributed by atoms with van der Waals surface area (Å²) in [5.74, 6) is -1.63. The van der Waals surface area contributed by atoms with Gasteiger partial charge in [0.1, 0.15) is 11.6 Å². The average Bonchev–Trinajstić information content (AvgIpc) is 2.87. The first-order valence-electron chi connectivity index (χ1n) is 6.30. The van der Waals surface area contributed by atoms with E-state index in [-0.39, 0.29) is 17.9 Å². The first kappa shape index (κ1) is 14.7. The number of thiazole rings is 1. The highest BCUT2D eigenvalue weighted by Gasteiger charge is 2.14. The molecule has 0 unspecified atom stereocenters. The summed E-state index contributed by atoms with van der Waals surface area (Å²) in [5, 5.41) is 1.28. The van der Waals surface area contributed by atoms with Gasteiger partial charge in [0.2, 0.25) is 0 Å². The Balaban J connectivity index is 1.82. The van der Waals surface area contributed by atoms with Crippen molar-refractivity contribution in [1.29, 1.82) is 0 Å². The molecule has 3 rings (SSSR count). The van der Waals surface area contributed by atoms with E-state index >= 15 is 0 Å². The van der Waals surface area contributed by atoms with Gasteiger partial charge >= 0.3 is 0 Å². The predicted octanol–water partition coefficient (Wildman–Crippen LogP) is 3.77. The molecule has 1 aromatic heterocycles. The van der Waals surface area contributed by atoms with Gasteiger partial charge in [-0.15, -0.1) is 11.3 Å². The third-order valence-corrected chi connectivity index (χ3v) is 4.22. The number of amides is 1. The van der Waals surface area contributed by atoms with Crippen LogP contribution in [0.1, 0.15) is 15.4 Å². The Morgan fingerprint density at radius 3 is 2.95 bits per heavy atom. The topological polar surface area (TPSA) is 65.2 Å². The van der Waals surface area contributed by atoms with Crippen molar-refractivity contribution in [2.75, 3.05) is 0 Å². The third kappa shape index (κ3) is 2.88. The Bertz CT molecular complexity index is 866. The number of nitrogens with two attached hydrogens (primary N) is 1. The molecule has 3 aromatic rings. The molecule has 22 heavy (non-hydrogen) atoms. The quantitative estimate of drug-likeness (QED) is 0.788. The smallest absolute Gasteiger partial charge is 0.251 e. The van der Waals surface area contributed by atoms with E-state index in [4.69, 9.17) is 22.1 Å². The minimum Gasteiger partial charge on any atom is -0.483 e. The number of aromatic nitrogens is 1. The Morgan fingerprint density at radius 1 is 1.36 bits per heavy atom. The number of halogens is 2. The Hall–Kier alpha value is -2.18. The average molecular weight is 337 g/mol. The lowest BCUT2D eigenvalue weighted by molar-refractivity contribution is 0.0995. The van der Waals surface area contributed by atoms with Crippen LogP contribution in [-0.2, 0) is 6.61 Å². The predicted molar refractivity (Wildman–Crippen MR) is 83.9 cm³/mol.